The molecule has 4 aliphatic carbocycles. The van der Waals surface area contributed by atoms with E-state index in [1.54, 1.807) is 0 Å². The Morgan fingerprint density at radius 1 is 0.683 bits per heavy atom. The Morgan fingerprint density at radius 2 is 1.43 bits per heavy atom. The van der Waals surface area contributed by atoms with Gasteiger partial charge < -0.3 is 11.1 Å². The monoisotopic (exact) mass is 816 g/mol. The molecular formula is C59H52N4. The zero-order valence-corrected chi connectivity index (χ0v) is 35.7. The molecule has 4 nitrogen and oxygen atoms in total. The van der Waals surface area contributed by atoms with E-state index < -0.39 is 0 Å². The Balaban J connectivity index is 1.02. The van der Waals surface area contributed by atoms with Gasteiger partial charge in [0, 0.05) is 39.4 Å². The molecule has 1 aromatic heterocycles. The molecule has 2 unspecified atom stereocenters. The van der Waals surface area contributed by atoms with Gasteiger partial charge in [-0.25, -0.2) is 0 Å². The Labute approximate surface area is 371 Å². The van der Waals surface area contributed by atoms with Crippen molar-refractivity contribution in [1.82, 2.24) is 10.3 Å². The van der Waals surface area contributed by atoms with Crippen molar-refractivity contribution in [1.29, 1.82) is 0 Å². The van der Waals surface area contributed by atoms with Crippen LogP contribution in [-0.4, -0.2) is 10.7 Å². The molecular weight excluding hydrogens is 765 g/mol. The van der Waals surface area contributed by atoms with Gasteiger partial charge in [-0.2, -0.15) is 0 Å². The fourth-order valence-corrected chi connectivity index (χ4v) is 9.32. The lowest BCUT2D eigenvalue weighted by molar-refractivity contribution is 0.619. The lowest BCUT2D eigenvalue weighted by Gasteiger charge is -2.26. The molecule has 0 fully saturated rings. The minimum absolute atomic E-state index is 0.119. The van der Waals surface area contributed by atoms with Gasteiger partial charge in [-0.3, -0.25) is 9.98 Å². The molecule has 0 spiro atoms. The summed E-state index contributed by atoms with van der Waals surface area (Å²) in [6.45, 7) is 0. The van der Waals surface area contributed by atoms with Crippen LogP contribution < -0.4 is 11.1 Å². The Kier molecular flexibility index (Phi) is 11.6. The summed E-state index contributed by atoms with van der Waals surface area (Å²) in [5.41, 5.74) is 27.0. The van der Waals surface area contributed by atoms with Gasteiger partial charge in [-0.1, -0.05) is 170 Å². The molecule has 4 heteroatoms. The molecule has 10 rings (SSSR count). The first-order valence-corrected chi connectivity index (χ1v) is 22.6. The molecule has 2 atom stereocenters. The zero-order valence-electron chi connectivity index (χ0n) is 35.7. The fourth-order valence-electron chi connectivity index (χ4n) is 9.32. The van der Waals surface area contributed by atoms with E-state index in [0.29, 0.717) is 0 Å². The summed E-state index contributed by atoms with van der Waals surface area (Å²) in [4.78, 5) is 11.0. The molecule has 0 saturated heterocycles. The number of pyridine rings is 1. The Morgan fingerprint density at radius 3 is 2.17 bits per heavy atom. The third kappa shape index (κ3) is 8.51. The van der Waals surface area contributed by atoms with Crippen molar-refractivity contribution in [3.05, 3.63) is 239 Å². The summed E-state index contributed by atoms with van der Waals surface area (Å²) in [5, 5.41) is 6.06. The van der Waals surface area contributed by atoms with E-state index in [4.69, 9.17) is 15.7 Å². The summed E-state index contributed by atoms with van der Waals surface area (Å²) in [6.07, 6.45) is 38.8. The van der Waals surface area contributed by atoms with E-state index in [1.807, 2.05) is 6.07 Å². The predicted molar refractivity (Wildman–Crippen MR) is 265 cm³/mol. The van der Waals surface area contributed by atoms with Gasteiger partial charge in [0.2, 0.25) is 0 Å². The van der Waals surface area contributed by atoms with Crippen molar-refractivity contribution in [2.24, 2.45) is 10.7 Å². The predicted octanol–water partition coefficient (Wildman–Crippen LogP) is 14.3. The number of benzene rings is 4. The second-order valence-corrected chi connectivity index (χ2v) is 16.8. The van der Waals surface area contributed by atoms with Crippen LogP contribution in [0.25, 0.3) is 44.3 Å². The van der Waals surface area contributed by atoms with E-state index in [9.17, 15) is 0 Å². The van der Waals surface area contributed by atoms with Crippen LogP contribution >= 0.6 is 0 Å². The maximum atomic E-state index is 7.20. The lowest BCUT2D eigenvalue weighted by Crippen LogP contribution is -2.27. The van der Waals surface area contributed by atoms with Crippen LogP contribution in [0.3, 0.4) is 0 Å². The van der Waals surface area contributed by atoms with Crippen molar-refractivity contribution >= 4 is 27.8 Å². The van der Waals surface area contributed by atoms with E-state index in [-0.39, 0.29) is 12.1 Å². The molecule has 63 heavy (non-hydrogen) atoms. The smallest absolute Gasteiger partial charge is 0.145 e. The van der Waals surface area contributed by atoms with Gasteiger partial charge in [-0.15, -0.1) is 5.73 Å². The van der Waals surface area contributed by atoms with E-state index >= 15 is 0 Å². The number of hydrogen-bond donors (Lipinski definition) is 2. The molecule has 308 valence electrons. The summed E-state index contributed by atoms with van der Waals surface area (Å²) < 4.78 is 0. The number of aromatic nitrogens is 1. The van der Waals surface area contributed by atoms with Gasteiger partial charge in [0.15, 0.2) is 0 Å². The first-order valence-electron chi connectivity index (χ1n) is 22.6. The highest BCUT2D eigenvalue weighted by atomic mass is 15.1. The number of hydrogen-bond acceptors (Lipinski definition) is 4. The number of aliphatic imine (C=N–C) groups is 1. The standard InChI is InChI=1S/C59H52N4/c60-56(47-26-14-6-15-27-47)55(45-24-12-5-13-25-45)58-51-31-19-18-30-50(51)54(57(63-58)48-28-16-7-17-29-48)46-36-32-41(33-37-46)42-34-38-49(39-35-42)59-61-52(43-20-8-2-1-3-9-21-43)40-53(62-59)44-22-10-4-11-23-44/h4-10,12,14-20,22,24,26-28,30-40,48,59,62H,1-3,11,13,23,25,29,60H2. The van der Waals surface area contributed by atoms with Crippen molar-refractivity contribution in [3.8, 4) is 22.3 Å². The van der Waals surface area contributed by atoms with Crippen LogP contribution in [0.15, 0.2) is 221 Å². The zero-order chi connectivity index (χ0) is 42.4. The van der Waals surface area contributed by atoms with Crippen molar-refractivity contribution in [2.45, 2.75) is 63.5 Å². The first-order chi connectivity index (χ1) is 31.2. The summed E-state index contributed by atoms with van der Waals surface area (Å²) in [5.74, 6) is 0.119. The highest BCUT2D eigenvalue weighted by Crippen LogP contribution is 2.44. The van der Waals surface area contributed by atoms with E-state index in [2.05, 4.69) is 193 Å². The molecule has 0 bridgehead atoms. The molecule has 3 N–H and O–H groups in total. The van der Waals surface area contributed by atoms with Gasteiger partial charge in [-0.05, 0) is 114 Å². The van der Waals surface area contributed by atoms with Crippen LogP contribution in [-0.2, 0) is 0 Å². The average molecular weight is 817 g/mol. The molecule has 0 saturated carbocycles. The molecule has 5 aliphatic rings. The Hall–Kier alpha value is -7.26. The molecule has 1 aliphatic heterocycles. The van der Waals surface area contributed by atoms with Crippen molar-refractivity contribution in [3.63, 3.8) is 0 Å². The topological polar surface area (TPSA) is 63.3 Å². The SMILES string of the molecule is NC(=C(C1=CC=CCC1)c1nc(C2C=CC=CC2)c(-c2ccc(-c3ccc(C4N=C(C5=C=CCCCC=C5)C=C(C5=CC=CCC5)N4)cc3)cc2)c2ccccc12)c1ccccc1. The second-order valence-electron chi connectivity index (χ2n) is 16.8. The molecule has 0 amide bonds. The largest absolute Gasteiger partial charge is 0.398 e. The van der Waals surface area contributed by atoms with Gasteiger partial charge >= 0.3 is 0 Å². The van der Waals surface area contributed by atoms with Gasteiger partial charge in [0.25, 0.3) is 0 Å². The first kappa shape index (κ1) is 39.9. The van der Waals surface area contributed by atoms with E-state index in [0.717, 1.165) is 124 Å². The van der Waals surface area contributed by atoms with Crippen LogP contribution in [0.1, 0.15) is 86.0 Å². The van der Waals surface area contributed by atoms with Crippen LogP contribution in [0.2, 0.25) is 0 Å². The fraction of sp³-hybridized carbons (Fsp3) is 0.169. The third-order valence-corrected chi connectivity index (χ3v) is 12.7. The summed E-state index contributed by atoms with van der Waals surface area (Å²) in [7, 11) is 0. The summed E-state index contributed by atoms with van der Waals surface area (Å²) >= 11 is 0. The molecule has 2 heterocycles. The number of nitrogens with two attached hydrogens (primary N) is 1. The number of nitrogens with one attached hydrogen (secondary N) is 1. The summed E-state index contributed by atoms with van der Waals surface area (Å²) in [6, 6.07) is 37.0. The van der Waals surface area contributed by atoms with E-state index in [1.165, 1.54) is 22.1 Å². The maximum Gasteiger partial charge on any atom is 0.145 e. The number of allylic oxidation sites excluding steroid dienone is 17. The third-order valence-electron chi connectivity index (χ3n) is 12.7. The number of rotatable bonds is 9. The van der Waals surface area contributed by atoms with Crippen molar-refractivity contribution in [2.75, 3.05) is 0 Å². The molecule has 0 radical (unpaired) electrons. The number of fused-ring (bicyclic) bond motifs is 1. The Bertz CT molecular complexity index is 2930. The normalized spacial score (nSPS) is 19.8. The average Bonchev–Trinajstić information content (AvgIpc) is 3.35. The van der Waals surface area contributed by atoms with Crippen LogP contribution in [0.4, 0.5) is 0 Å². The highest BCUT2D eigenvalue weighted by molar-refractivity contribution is 6.11. The number of nitrogens with zero attached hydrogens (tertiary/aromatic N) is 2. The lowest BCUT2D eigenvalue weighted by atomic mass is 9.84. The quantitative estimate of drug-likeness (QED) is 0.146. The maximum absolute atomic E-state index is 7.20. The van der Waals surface area contributed by atoms with Gasteiger partial charge in [0.1, 0.15) is 6.17 Å². The minimum Gasteiger partial charge on any atom is -0.398 e. The second kappa shape index (κ2) is 18.4. The molecule has 5 aromatic rings. The van der Waals surface area contributed by atoms with Gasteiger partial charge in [0.05, 0.1) is 17.1 Å². The van der Waals surface area contributed by atoms with Crippen molar-refractivity contribution < 1.29 is 0 Å². The van der Waals surface area contributed by atoms with Crippen LogP contribution in [0.5, 0.6) is 0 Å². The minimum atomic E-state index is -0.202. The molecule has 4 aromatic carbocycles. The highest BCUT2D eigenvalue weighted by Gasteiger charge is 2.26. The van der Waals surface area contributed by atoms with Crippen LogP contribution in [0, 0.1) is 0 Å².